The van der Waals surface area contributed by atoms with E-state index in [-0.39, 0.29) is 18.2 Å². The van der Waals surface area contributed by atoms with Gasteiger partial charge in [-0.1, -0.05) is 40.8 Å². The molecule has 0 aliphatic carbocycles. The zero-order valence-corrected chi connectivity index (χ0v) is 15.1. The van der Waals surface area contributed by atoms with Gasteiger partial charge in [0.05, 0.1) is 5.75 Å². The third-order valence-electron chi connectivity index (χ3n) is 2.94. The Morgan fingerprint density at radius 2 is 2.26 bits per heavy atom. The highest BCUT2D eigenvalue weighted by atomic mass is 35.5. The summed E-state index contributed by atoms with van der Waals surface area (Å²) in [7, 11) is 1.62. The van der Waals surface area contributed by atoms with Gasteiger partial charge in [-0.15, -0.1) is 10.2 Å². The summed E-state index contributed by atoms with van der Waals surface area (Å²) >= 11 is 8.68. The first-order valence-corrected chi connectivity index (χ1v) is 9.06. The summed E-state index contributed by atoms with van der Waals surface area (Å²) in [5.74, 6) is -0.331. The van der Waals surface area contributed by atoms with Crippen molar-refractivity contribution in [3.05, 3.63) is 34.6 Å². The molecule has 0 spiro atoms. The zero-order valence-electron chi connectivity index (χ0n) is 12.7. The van der Waals surface area contributed by atoms with E-state index in [0.717, 1.165) is 11.7 Å². The lowest BCUT2D eigenvalue weighted by atomic mass is 10.2. The smallest absolute Gasteiger partial charge is 0.233 e. The van der Waals surface area contributed by atoms with Crippen LogP contribution in [0.1, 0.15) is 12.5 Å². The molecule has 0 aliphatic rings. The molecule has 1 N–H and O–H groups in total. The fourth-order valence-electron chi connectivity index (χ4n) is 1.73. The van der Waals surface area contributed by atoms with E-state index in [4.69, 9.17) is 11.6 Å². The van der Waals surface area contributed by atoms with E-state index in [1.807, 2.05) is 6.92 Å². The van der Waals surface area contributed by atoms with Crippen molar-refractivity contribution in [1.29, 1.82) is 0 Å². The van der Waals surface area contributed by atoms with Crippen LogP contribution in [-0.2, 0) is 11.3 Å². The number of carbonyl (C=O) groups excluding carboxylic acids is 1. The second-order valence-electron chi connectivity index (χ2n) is 4.64. The van der Waals surface area contributed by atoms with Gasteiger partial charge in [0.25, 0.3) is 0 Å². The highest BCUT2D eigenvalue weighted by molar-refractivity contribution is 8.01. The number of nitrogens with one attached hydrogen (secondary N) is 1. The van der Waals surface area contributed by atoms with Crippen LogP contribution in [0.4, 0.5) is 9.52 Å². The monoisotopic (exact) mass is 374 g/mol. The van der Waals surface area contributed by atoms with Gasteiger partial charge >= 0.3 is 0 Å². The summed E-state index contributed by atoms with van der Waals surface area (Å²) in [6.07, 6.45) is 0. The average molecular weight is 375 g/mol. The Labute approximate surface area is 147 Å². The van der Waals surface area contributed by atoms with E-state index >= 15 is 0 Å². The van der Waals surface area contributed by atoms with Gasteiger partial charge in [0.2, 0.25) is 11.0 Å². The Bertz CT molecular complexity index is 662. The van der Waals surface area contributed by atoms with Gasteiger partial charge in [0, 0.05) is 30.7 Å². The molecule has 2 aromatic rings. The van der Waals surface area contributed by atoms with Crippen molar-refractivity contribution in [3.63, 3.8) is 0 Å². The van der Waals surface area contributed by atoms with Gasteiger partial charge < -0.3 is 10.2 Å². The Kier molecular flexibility index (Phi) is 6.61. The molecular weight excluding hydrogens is 359 g/mol. The topological polar surface area (TPSA) is 58.1 Å². The van der Waals surface area contributed by atoms with Crippen LogP contribution in [0.5, 0.6) is 0 Å². The van der Waals surface area contributed by atoms with Crippen molar-refractivity contribution in [2.24, 2.45) is 0 Å². The number of benzene rings is 1. The Balaban J connectivity index is 1.89. The van der Waals surface area contributed by atoms with Crippen molar-refractivity contribution >= 4 is 45.7 Å². The third kappa shape index (κ3) is 5.05. The molecule has 0 unspecified atom stereocenters. The van der Waals surface area contributed by atoms with Gasteiger partial charge in [-0.3, -0.25) is 4.79 Å². The van der Waals surface area contributed by atoms with Gasteiger partial charge in [0.1, 0.15) is 5.82 Å². The first-order chi connectivity index (χ1) is 11.0. The highest BCUT2D eigenvalue weighted by Gasteiger charge is 2.15. The molecule has 23 heavy (non-hydrogen) atoms. The van der Waals surface area contributed by atoms with Crippen LogP contribution in [0, 0.1) is 5.82 Å². The number of nitrogens with zero attached hydrogens (tertiary/aromatic N) is 3. The van der Waals surface area contributed by atoms with E-state index in [2.05, 4.69) is 15.5 Å². The average Bonchev–Trinajstić information content (AvgIpc) is 2.96. The molecule has 2 rings (SSSR count). The number of hydrogen-bond acceptors (Lipinski definition) is 6. The van der Waals surface area contributed by atoms with Gasteiger partial charge in [0.15, 0.2) is 4.34 Å². The number of hydrogen-bond donors (Lipinski definition) is 1. The molecule has 1 amide bonds. The molecular formula is C14H16ClFN4OS2. The number of rotatable bonds is 7. The molecule has 0 atom stereocenters. The molecule has 9 heteroatoms. The summed E-state index contributed by atoms with van der Waals surface area (Å²) < 4.78 is 14.5. The van der Waals surface area contributed by atoms with Crippen LogP contribution in [-0.4, -0.2) is 40.3 Å². The molecule has 1 aromatic heterocycles. The molecule has 1 heterocycles. The number of halogens is 2. The Morgan fingerprint density at radius 3 is 2.96 bits per heavy atom. The number of thioether (sulfide) groups is 1. The lowest BCUT2D eigenvalue weighted by molar-refractivity contribution is -0.127. The second kappa shape index (κ2) is 8.47. The van der Waals surface area contributed by atoms with Gasteiger partial charge in [-0.05, 0) is 19.1 Å². The fraction of sp³-hybridized carbons (Fsp3) is 0.357. The standard InChI is InChI=1S/C14H16ClFN4OS2/c1-3-17-13-18-19-14(23-13)22-8-12(21)20(2)7-9-10(15)5-4-6-11(9)16/h4-6H,3,7-8H2,1-2H3,(H,17,18). The molecule has 0 radical (unpaired) electrons. The normalized spacial score (nSPS) is 10.6. The van der Waals surface area contributed by atoms with Crippen molar-refractivity contribution in [2.75, 3.05) is 24.7 Å². The predicted molar refractivity (Wildman–Crippen MR) is 92.7 cm³/mol. The minimum absolute atomic E-state index is 0.129. The van der Waals surface area contributed by atoms with Crippen LogP contribution >= 0.6 is 34.7 Å². The SMILES string of the molecule is CCNc1nnc(SCC(=O)N(C)Cc2c(F)cccc2Cl)s1. The van der Waals surface area contributed by atoms with Gasteiger partial charge in [-0.2, -0.15) is 0 Å². The maximum absolute atomic E-state index is 13.7. The minimum atomic E-state index is -0.413. The van der Waals surface area contributed by atoms with Crippen molar-refractivity contribution in [2.45, 2.75) is 17.8 Å². The summed E-state index contributed by atoms with van der Waals surface area (Å²) in [6.45, 7) is 2.87. The zero-order chi connectivity index (χ0) is 16.8. The predicted octanol–water partition coefficient (Wildman–Crippen LogP) is 3.51. The number of anilines is 1. The van der Waals surface area contributed by atoms with Crippen LogP contribution < -0.4 is 5.32 Å². The van der Waals surface area contributed by atoms with E-state index < -0.39 is 5.82 Å². The number of carbonyl (C=O) groups is 1. The third-order valence-corrected chi connectivity index (χ3v) is 5.29. The van der Waals surface area contributed by atoms with Crippen LogP contribution in [0.15, 0.2) is 22.5 Å². The molecule has 1 aromatic carbocycles. The van der Waals surface area contributed by atoms with Crippen molar-refractivity contribution < 1.29 is 9.18 Å². The highest BCUT2D eigenvalue weighted by Crippen LogP contribution is 2.26. The number of amides is 1. The molecule has 0 saturated carbocycles. The lowest BCUT2D eigenvalue weighted by Gasteiger charge is -2.18. The van der Waals surface area contributed by atoms with E-state index in [9.17, 15) is 9.18 Å². The first-order valence-electron chi connectivity index (χ1n) is 6.88. The molecule has 0 fully saturated rings. The van der Waals surface area contributed by atoms with Gasteiger partial charge in [-0.25, -0.2) is 4.39 Å². The molecule has 0 aliphatic heterocycles. The van der Waals surface area contributed by atoms with E-state index in [1.165, 1.54) is 40.1 Å². The second-order valence-corrected chi connectivity index (χ2v) is 7.25. The fourth-order valence-corrected chi connectivity index (χ4v) is 3.72. The summed E-state index contributed by atoms with van der Waals surface area (Å²) in [4.78, 5) is 13.6. The Morgan fingerprint density at radius 1 is 1.48 bits per heavy atom. The largest absolute Gasteiger partial charge is 0.360 e. The Hall–Kier alpha value is -1.38. The van der Waals surface area contributed by atoms with Crippen LogP contribution in [0.25, 0.3) is 0 Å². The van der Waals surface area contributed by atoms with Crippen LogP contribution in [0.3, 0.4) is 0 Å². The summed E-state index contributed by atoms with van der Waals surface area (Å²) in [6, 6.07) is 4.48. The quantitative estimate of drug-likeness (QED) is 0.751. The van der Waals surface area contributed by atoms with Crippen LogP contribution in [0.2, 0.25) is 5.02 Å². The number of aromatic nitrogens is 2. The van der Waals surface area contributed by atoms with Crippen molar-refractivity contribution in [1.82, 2.24) is 15.1 Å². The van der Waals surface area contributed by atoms with Crippen molar-refractivity contribution in [3.8, 4) is 0 Å². The maximum Gasteiger partial charge on any atom is 0.233 e. The molecule has 124 valence electrons. The summed E-state index contributed by atoms with van der Waals surface area (Å²) in [5, 5.41) is 12.1. The molecule has 0 bridgehead atoms. The summed E-state index contributed by atoms with van der Waals surface area (Å²) in [5.41, 5.74) is 0.320. The van der Waals surface area contributed by atoms with E-state index in [1.54, 1.807) is 13.1 Å². The first kappa shape index (κ1) is 18.0. The molecule has 5 nitrogen and oxygen atoms in total. The maximum atomic E-state index is 13.7. The lowest BCUT2D eigenvalue weighted by Crippen LogP contribution is -2.28. The van der Waals surface area contributed by atoms with E-state index in [0.29, 0.717) is 14.9 Å². The molecule has 0 saturated heterocycles. The minimum Gasteiger partial charge on any atom is -0.360 e.